The first-order valence-corrected chi connectivity index (χ1v) is 9.47. The zero-order chi connectivity index (χ0) is 19.0. The molecule has 2 aromatic carbocycles. The molecule has 0 aliphatic heterocycles. The van der Waals surface area contributed by atoms with Crippen molar-refractivity contribution >= 4 is 22.3 Å². The Balaban J connectivity index is 0.000000197. The summed E-state index contributed by atoms with van der Waals surface area (Å²) in [6.45, 7) is 1.82. The van der Waals surface area contributed by atoms with Gasteiger partial charge in [-0.3, -0.25) is 0 Å². The second kappa shape index (κ2) is 9.08. The number of hydrogen-bond donors (Lipinski definition) is 0. The molecule has 0 saturated carbocycles. The van der Waals surface area contributed by atoms with E-state index < -0.39 is 10.1 Å². The maximum Gasteiger partial charge on any atom is 0.204 e. The van der Waals surface area contributed by atoms with Crippen LogP contribution in [-0.4, -0.2) is 13.0 Å². The Kier molecular flexibility index (Phi) is 6.83. The average molecular weight is 367 g/mol. The van der Waals surface area contributed by atoms with Crippen LogP contribution in [0.3, 0.4) is 0 Å². The molecule has 0 saturated heterocycles. The highest BCUT2D eigenvalue weighted by atomic mass is 32.2. The highest BCUT2D eigenvalue weighted by Crippen LogP contribution is 2.08. The average Bonchev–Trinajstić information content (AvgIpc) is 2.62. The molecule has 4 nitrogen and oxygen atoms in total. The minimum absolute atomic E-state index is 0.178. The van der Waals surface area contributed by atoms with E-state index in [1.165, 1.54) is 23.4 Å². The summed E-state index contributed by atoms with van der Waals surface area (Å²) >= 11 is 0. The normalized spacial score (nSPS) is 11.0. The Morgan fingerprint density at radius 1 is 0.846 bits per heavy atom. The molecule has 134 valence electrons. The molecule has 0 fully saturated rings. The van der Waals surface area contributed by atoms with Crippen molar-refractivity contribution in [2.45, 2.75) is 11.8 Å². The van der Waals surface area contributed by atoms with Crippen LogP contribution in [0, 0.1) is 6.92 Å². The Hall–Kier alpha value is -2.76. The Labute approximate surface area is 154 Å². The van der Waals surface area contributed by atoms with E-state index in [1.54, 1.807) is 12.1 Å². The standard InChI is InChI=1S/C14H14N.C7H8O3S/c1-15-12-6-5-9-14(15)11-10-13-7-3-2-4-8-13;1-6-2-4-7(5-3-6)11(8,9)10/h2-12H,1H3;2-5H,1H3,(H,8,9,10)/q+1;/p-1. The zero-order valence-electron chi connectivity index (χ0n) is 14.7. The lowest BCUT2D eigenvalue weighted by Crippen LogP contribution is -2.30. The van der Waals surface area contributed by atoms with E-state index in [0.29, 0.717) is 0 Å². The molecule has 1 heterocycles. The number of aryl methyl sites for hydroxylation is 2. The van der Waals surface area contributed by atoms with Gasteiger partial charge in [0.05, 0.1) is 4.90 Å². The number of aromatic nitrogens is 1. The van der Waals surface area contributed by atoms with Crippen molar-refractivity contribution in [3.05, 3.63) is 95.8 Å². The molecule has 0 aliphatic carbocycles. The SMILES string of the molecule is C[n+]1ccccc1C=Cc1ccccc1.Cc1ccc(S(=O)(=O)[O-])cc1. The summed E-state index contributed by atoms with van der Waals surface area (Å²) in [7, 11) is -2.22. The minimum Gasteiger partial charge on any atom is -0.744 e. The van der Waals surface area contributed by atoms with E-state index >= 15 is 0 Å². The smallest absolute Gasteiger partial charge is 0.204 e. The van der Waals surface area contributed by atoms with Crippen LogP contribution in [-0.2, 0) is 17.2 Å². The summed E-state index contributed by atoms with van der Waals surface area (Å²) < 4.78 is 33.3. The summed E-state index contributed by atoms with van der Waals surface area (Å²) in [6.07, 6.45) is 6.29. The minimum atomic E-state index is -4.27. The first kappa shape index (κ1) is 19.6. The van der Waals surface area contributed by atoms with E-state index in [2.05, 4.69) is 34.9 Å². The fourth-order valence-electron chi connectivity index (χ4n) is 2.16. The zero-order valence-corrected chi connectivity index (χ0v) is 15.6. The molecule has 0 atom stereocenters. The van der Waals surface area contributed by atoms with Crippen molar-refractivity contribution in [3.8, 4) is 0 Å². The molecule has 5 heteroatoms. The van der Waals surface area contributed by atoms with Gasteiger partial charge in [-0.2, -0.15) is 0 Å². The van der Waals surface area contributed by atoms with Crippen molar-refractivity contribution in [1.82, 2.24) is 0 Å². The monoisotopic (exact) mass is 367 g/mol. The molecule has 0 unspecified atom stereocenters. The van der Waals surface area contributed by atoms with Gasteiger partial charge >= 0.3 is 0 Å². The van der Waals surface area contributed by atoms with E-state index in [0.717, 1.165) is 5.56 Å². The first-order valence-electron chi connectivity index (χ1n) is 8.06. The third kappa shape index (κ3) is 6.27. The number of benzene rings is 2. The van der Waals surface area contributed by atoms with Crippen LogP contribution in [0.2, 0.25) is 0 Å². The van der Waals surface area contributed by atoms with Crippen molar-refractivity contribution in [1.29, 1.82) is 0 Å². The molecule has 0 N–H and O–H groups in total. The fraction of sp³-hybridized carbons (Fsp3) is 0.0952. The van der Waals surface area contributed by atoms with Gasteiger partial charge in [0.2, 0.25) is 5.69 Å². The molecule has 3 rings (SSSR count). The van der Waals surface area contributed by atoms with Gasteiger partial charge in [-0.05, 0) is 36.8 Å². The van der Waals surface area contributed by atoms with Crippen LogP contribution in [0.15, 0.2) is 83.9 Å². The van der Waals surface area contributed by atoms with Crippen LogP contribution >= 0.6 is 0 Å². The second-order valence-electron chi connectivity index (χ2n) is 5.75. The fourth-order valence-corrected chi connectivity index (χ4v) is 2.63. The van der Waals surface area contributed by atoms with E-state index in [-0.39, 0.29) is 4.90 Å². The maximum atomic E-state index is 10.4. The van der Waals surface area contributed by atoms with Crippen LogP contribution in [0.5, 0.6) is 0 Å². The highest BCUT2D eigenvalue weighted by Gasteiger charge is 1.98. The van der Waals surface area contributed by atoms with Crippen LogP contribution in [0.25, 0.3) is 12.2 Å². The molecule has 0 amide bonds. The van der Waals surface area contributed by atoms with Gasteiger partial charge in [-0.1, -0.05) is 48.0 Å². The second-order valence-corrected chi connectivity index (χ2v) is 7.13. The summed E-state index contributed by atoms with van der Waals surface area (Å²) in [5, 5.41) is 0. The summed E-state index contributed by atoms with van der Waals surface area (Å²) in [4.78, 5) is -0.178. The van der Waals surface area contributed by atoms with Crippen LogP contribution in [0.1, 0.15) is 16.8 Å². The van der Waals surface area contributed by atoms with Gasteiger partial charge < -0.3 is 4.55 Å². The summed E-state index contributed by atoms with van der Waals surface area (Å²) in [5.41, 5.74) is 3.35. The van der Waals surface area contributed by atoms with E-state index in [1.807, 2.05) is 50.5 Å². The first-order chi connectivity index (χ1) is 12.4. The maximum absolute atomic E-state index is 10.4. The van der Waals surface area contributed by atoms with Crippen molar-refractivity contribution < 1.29 is 17.5 Å². The molecule has 3 aromatic rings. The third-order valence-corrected chi connectivity index (χ3v) is 4.50. The predicted molar refractivity (Wildman–Crippen MR) is 102 cm³/mol. The quantitative estimate of drug-likeness (QED) is 0.525. The highest BCUT2D eigenvalue weighted by molar-refractivity contribution is 7.85. The van der Waals surface area contributed by atoms with Gasteiger partial charge in [0.1, 0.15) is 17.2 Å². The number of rotatable bonds is 3. The van der Waals surface area contributed by atoms with Gasteiger partial charge in [0, 0.05) is 18.2 Å². The molecule has 0 bridgehead atoms. The number of pyridine rings is 1. The molecule has 1 aromatic heterocycles. The summed E-state index contributed by atoms with van der Waals surface area (Å²) in [6, 6.07) is 22.3. The Morgan fingerprint density at radius 3 is 2.04 bits per heavy atom. The molecule has 26 heavy (non-hydrogen) atoms. The van der Waals surface area contributed by atoms with Gasteiger partial charge in [-0.25, -0.2) is 13.0 Å². The molecular weight excluding hydrogens is 346 g/mol. The Morgan fingerprint density at radius 2 is 1.46 bits per heavy atom. The molecule has 0 radical (unpaired) electrons. The third-order valence-electron chi connectivity index (χ3n) is 3.65. The predicted octanol–water partition coefficient (Wildman–Crippen LogP) is 3.58. The summed E-state index contributed by atoms with van der Waals surface area (Å²) in [5.74, 6) is 0. The van der Waals surface area contributed by atoms with Crippen LogP contribution in [0.4, 0.5) is 0 Å². The lowest BCUT2D eigenvalue weighted by Gasteiger charge is -2.05. The molecular formula is C21H21NO3S. The lowest BCUT2D eigenvalue weighted by molar-refractivity contribution is -0.673. The number of hydrogen-bond acceptors (Lipinski definition) is 3. The molecule has 0 aliphatic rings. The van der Waals surface area contributed by atoms with Gasteiger partial charge in [-0.15, -0.1) is 0 Å². The Bertz CT molecular complexity index is 964. The van der Waals surface area contributed by atoms with Crippen molar-refractivity contribution in [3.63, 3.8) is 0 Å². The van der Waals surface area contributed by atoms with Crippen LogP contribution < -0.4 is 4.57 Å². The van der Waals surface area contributed by atoms with Crippen molar-refractivity contribution in [2.24, 2.45) is 7.05 Å². The lowest BCUT2D eigenvalue weighted by atomic mass is 10.2. The van der Waals surface area contributed by atoms with Gasteiger partial charge in [0.15, 0.2) is 6.20 Å². The largest absolute Gasteiger partial charge is 0.744 e. The van der Waals surface area contributed by atoms with E-state index in [9.17, 15) is 13.0 Å². The molecule has 0 spiro atoms. The van der Waals surface area contributed by atoms with Crippen molar-refractivity contribution in [2.75, 3.05) is 0 Å². The number of nitrogens with zero attached hydrogens (tertiary/aromatic N) is 1. The topological polar surface area (TPSA) is 61.1 Å². The van der Waals surface area contributed by atoms with Gasteiger partial charge in [0.25, 0.3) is 0 Å². The van der Waals surface area contributed by atoms with E-state index in [4.69, 9.17) is 0 Å².